The molecule has 2 N–H and O–H groups in total. The summed E-state index contributed by atoms with van der Waals surface area (Å²) in [6, 6.07) is -0.161. The van der Waals surface area contributed by atoms with Gasteiger partial charge in [-0.05, 0) is 19.3 Å². The van der Waals surface area contributed by atoms with E-state index in [0.717, 1.165) is 25.9 Å². The summed E-state index contributed by atoms with van der Waals surface area (Å²) in [5, 5.41) is 0.228. The Labute approximate surface area is 104 Å². The molecule has 7 heteroatoms. The molecule has 2 rings (SSSR count). The van der Waals surface area contributed by atoms with E-state index < -0.39 is 0 Å². The third-order valence-corrected chi connectivity index (χ3v) is 2.86. The third-order valence-electron chi connectivity index (χ3n) is 2.58. The Kier molecular flexibility index (Phi) is 3.98. The number of hydrogen-bond donors (Lipinski definition) is 2. The highest BCUT2D eigenvalue weighted by Crippen LogP contribution is 2.13. The van der Waals surface area contributed by atoms with Gasteiger partial charge < -0.3 is 4.90 Å². The van der Waals surface area contributed by atoms with E-state index >= 15 is 0 Å². The van der Waals surface area contributed by atoms with Gasteiger partial charge in [0.05, 0.1) is 0 Å². The molecule has 0 radical (unpaired) electrons. The molecule has 0 aliphatic carbocycles. The number of urea groups is 1. The van der Waals surface area contributed by atoms with Gasteiger partial charge >= 0.3 is 6.03 Å². The standard InChI is InChI=1S/C10H14ClN5O/c11-8-9(13-5-4-12-8)14-15-10(17)16-6-2-1-3-7-16/h4-5H,1-3,6-7H2,(H,13,14)(H,15,17). The SMILES string of the molecule is O=C(NNc1nccnc1Cl)N1CCCCC1. The Morgan fingerprint density at radius 1 is 1.24 bits per heavy atom. The number of carbonyl (C=O) groups excluding carboxylic acids is 1. The van der Waals surface area contributed by atoms with Crippen LogP contribution < -0.4 is 10.9 Å². The zero-order chi connectivity index (χ0) is 12.1. The summed E-state index contributed by atoms with van der Waals surface area (Å²) in [6.07, 6.45) is 6.28. The van der Waals surface area contributed by atoms with Gasteiger partial charge in [0, 0.05) is 25.5 Å². The molecule has 1 saturated heterocycles. The molecule has 1 aromatic rings. The van der Waals surface area contributed by atoms with Crippen LogP contribution in [0, 0.1) is 0 Å². The number of piperidine rings is 1. The van der Waals surface area contributed by atoms with Crippen molar-refractivity contribution in [2.45, 2.75) is 19.3 Å². The predicted octanol–water partition coefficient (Wildman–Crippen LogP) is 1.65. The molecule has 0 bridgehead atoms. The molecule has 0 spiro atoms. The highest BCUT2D eigenvalue weighted by atomic mass is 35.5. The van der Waals surface area contributed by atoms with Crippen LogP contribution in [0.15, 0.2) is 12.4 Å². The number of nitrogens with zero attached hydrogens (tertiary/aromatic N) is 3. The van der Waals surface area contributed by atoms with Crippen molar-refractivity contribution in [3.05, 3.63) is 17.5 Å². The maximum Gasteiger partial charge on any atom is 0.336 e. The third kappa shape index (κ3) is 3.20. The summed E-state index contributed by atoms with van der Waals surface area (Å²) in [5.74, 6) is 0.347. The van der Waals surface area contributed by atoms with E-state index in [0.29, 0.717) is 5.82 Å². The van der Waals surface area contributed by atoms with E-state index in [1.54, 1.807) is 4.90 Å². The number of rotatable bonds is 2. The Morgan fingerprint density at radius 3 is 2.65 bits per heavy atom. The van der Waals surface area contributed by atoms with Crippen LogP contribution in [0.1, 0.15) is 19.3 Å². The van der Waals surface area contributed by atoms with Crippen LogP contribution in [-0.2, 0) is 0 Å². The molecule has 0 atom stereocenters. The first kappa shape index (κ1) is 11.9. The molecule has 0 saturated carbocycles. The summed E-state index contributed by atoms with van der Waals surface area (Å²) in [6.45, 7) is 1.59. The van der Waals surface area contributed by atoms with Gasteiger partial charge in [-0.2, -0.15) is 0 Å². The second-order valence-electron chi connectivity index (χ2n) is 3.80. The number of hydrazine groups is 1. The second-order valence-corrected chi connectivity index (χ2v) is 4.16. The number of amides is 2. The number of hydrogen-bond acceptors (Lipinski definition) is 4. The topological polar surface area (TPSA) is 70.1 Å². The maximum absolute atomic E-state index is 11.7. The average Bonchev–Trinajstić information content (AvgIpc) is 2.38. The molecule has 1 aromatic heterocycles. The molecule has 2 amide bonds. The van der Waals surface area contributed by atoms with Gasteiger partial charge in [-0.3, -0.25) is 10.9 Å². The minimum absolute atomic E-state index is 0.161. The molecule has 17 heavy (non-hydrogen) atoms. The Morgan fingerprint density at radius 2 is 1.94 bits per heavy atom. The van der Waals surface area contributed by atoms with Crippen LogP contribution >= 0.6 is 11.6 Å². The molecule has 1 aliphatic heterocycles. The summed E-state index contributed by atoms with van der Waals surface area (Å²) in [5.41, 5.74) is 5.22. The quantitative estimate of drug-likeness (QED) is 0.789. The Hall–Kier alpha value is -1.56. The number of likely N-dealkylation sites (tertiary alicyclic amines) is 1. The van der Waals surface area contributed by atoms with Gasteiger partial charge in [-0.25, -0.2) is 14.8 Å². The number of aromatic nitrogens is 2. The van der Waals surface area contributed by atoms with Crippen molar-refractivity contribution in [3.63, 3.8) is 0 Å². The van der Waals surface area contributed by atoms with Gasteiger partial charge in [0.25, 0.3) is 0 Å². The van der Waals surface area contributed by atoms with Crippen molar-refractivity contribution < 1.29 is 4.79 Å². The minimum Gasteiger partial charge on any atom is -0.323 e. The van der Waals surface area contributed by atoms with E-state index in [1.807, 2.05) is 0 Å². The van der Waals surface area contributed by atoms with E-state index in [-0.39, 0.29) is 11.2 Å². The molecule has 92 valence electrons. The highest BCUT2D eigenvalue weighted by Gasteiger charge is 2.16. The fourth-order valence-corrected chi connectivity index (χ4v) is 1.85. The second kappa shape index (κ2) is 5.67. The van der Waals surface area contributed by atoms with Crippen molar-refractivity contribution in [2.24, 2.45) is 0 Å². The highest BCUT2D eigenvalue weighted by molar-refractivity contribution is 6.31. The Bertz CT molecular complexity index is 394. The van der Waals surface area contributed by atoms with Gasteiger partial charge in [0.2, 0.25) is 0 Å². The largest absolute Gasteiger partial charge is 0.336 e. The molecule has 2 heterocycles. The molecule has 0 unspecified atom stereocenters. The molecular formula is C10H14ClN5O. The first-order valence-electron chi connectivity index (χ1n) is 5.55. The van der Waals surface area contributed by atoms with E-state index in [1.165, 1.54) is 18.8 Å². The fraction of sp³-hybridized carbons (Fsp3) is 0.500. The maximum atomic E-state index is 11.7. The average molecular weight is 256 g/mol. The van der Waals surface area contributed by atoms with Crippen LogP contribution in [0.2, 0.25) is 5.15 Å². The lowest BCUT2D eigenvalue weighted by molar-refractivity contribution is 0.188. The predicted molar refractivity (Wildman–Crippen MR) is 64.6 cm³/mol. The monoisotopic (exact) mass is 255 g/mol. The summed E-state index contributed by atoms with van der Waals surface area (Å²) in [4.78, 5) is 21.3. The van der Waals surface area contributed by atoms with Crippen LogP contribution in [0.25, 0.3) is 0 Å². The van der Waals surface area contributed by atoms with Crippen LogP contribution in [-0.4, -0.2) is 34.0 Å². The van der Waals surface area contributed by atoms with Gasteiger partial charge in [-0.15, -0.1) is 0 Å². The summed E-state index contributed by atoms with van der Waals surface area (Å²) in [7, 11) is 0. The van der Waals surface area contributed by atoms with Gasteiger partial charge in [0.15, 0.2) is 11.0 Å². The fourth-order valence-electron chi connectivity index (χ4n) is 1.69. The first-order valence-corrected chi connectivity index (χ1v) is 5.92. The molecular weight excluding hydrogens is 242 g/mol. The van der Waals surface area contributed by atoms with Gasteiger partial charge in [-0.1, -0.05) is 11.6 Å². The number of anilines is 1. The van der Waals surface area contributed by atoms with Crippen molar-refractivity contribution in [2.75, 3.05) is 18.5 Å². The normalized spacial score (nSPS) is 15.5. The summed E-state index contributed by atoms with van der Waals surface area (Å²) < 4.78 is 0. The molecule has 1 aliphatic rings. The lowest BCUT2D eigenvalue weighted by Crippen LogP contribution is -2.45. The zero-order valence-corrected chi connectivity index (χ0v) is 10.1. The smallest absolute Gasteiger partial charge is 0.323 e. The van der Waals surface area contributed by atoms with E-state index in [9.17, 15) is 4.79 Å². The van der Waals surface area contributed by atoms with Crippen molar-refractivity contribution in [1.29, 1.82) is 0 Å². The first-order chi connectivity index (χ1) is 8.27. The number of nitrogens with one attached hydrogen (secondary N) is 2. The van der Waals surface area contributed by atoms with Crippen molar-refractivity contribution >= 4 is 23.4 Å². The summed E-state index contributed by atoms with van der Waals surface area (Å²) >= 11 is 5.79. The van der Waals surface area contributed by atoms with Crippen LogP contribution in [0.5, 0.6) is 0 Å². The lowest BCUT2D eigenvalue weighted by Gasteiger charge is -2.26. The van der Waals surface area contributed by atoms with E-state index in [4.69, 9.17) is 11.6 Å². The number of carbonyl (C=O) groups is 1. The van der Waals surface area contributed by atoms with E-state index in [2.05, 4.69) is 20.8 Å². The van der Waals surface area contributed by atoms with Crippen LogP contribution in [0.3, 0.4) is 0 Å². The molecule has 6 nitrogen and oxygen atoms in total. The minimum atomic E-state index is -0.161. The lowest BCUT2D eigenvalue weighted by atomic mass is 10.1. The van der Waals surface area contributed by atoms with Crippen molar-refractivity contribution in [1.82, 2.24) is 20.3 Å². The Balaban J connectivity index is 1.85. The molecule has 1 fully saturated rings. The number of halogens is 1. The van der Waals surface area contributed by atoms with Gasteiger partial charge in [0.1, 0.15) is 0 Å². The van der Waals surface area contributed by atoms with Crippen molar-refractivity contribution in [3.8, 4) is 0 Å². The molecule has 0 aromatic carbocycles. The zero-order valence-electron chi connectivity index (χ0n) is 9.32. The van der Waals surface area contributed by atoms with Crippen LogP contribution in [0.4, 0.5) is 10.6 Å².